The van der Waals surface area contributed by atoms with Gasteiger partial charge in [0.1, 0.15) is 0 Å². The van der Waals surface area contributed by atoms with E-state index < -0.39 is 0 Å². The minimum absolute atomic E-state index is 0.647. The first kappa shape index (κ1) is 13.9. The monoisotopic (exact) mass is 201 g/mol. The zero-order valence-corrected chi connectivity index (χ0v) is 9.93. The minimum Gasteiger partial charge on any atom is -0.380 e. The summed E-state index contributed by atoms with van der Waals surface area (Å²) in [5, 5.41) is 0. The molecule has 1 atom stereocenters. The van der Waals surface area contributed by atoms with Crippen molar-refractivity contribution in [2.75, 3.05) is 19.8 Å². The smallest absolute Gasteiger partial charge is 0.0588 e. The van der Waals surface area contributed by atoms with Crippen LogP contribution in [0.3, 0.4) is 0 Å². The standard InChI is InChI=1S/C12H27NO/c1-3-12(2)8-6-4-5-7-10-14-11-9-13/h12H,3-11,13H2,1-2H3. The third kappa shape index (κ3) is 10.0. The minimum atomic E-state index is 0.647. The van der Waals surface area contributed by atoms with Gasteiger partial charge in [-0.3, -0.25) is 0 Å². The van der Waals surface area contributed by atoms with E-state index in [-0.39, 0.29) is 0 Å². The molecule has 0 bridgehead atoms. The van der Waals surface area contributed by atoms with E-state index in [9.17, 15) is 0 Å². The molecular weight excluding hydrogens is 174 g/mol. The van der Waals surface area contributed by atoms with E-state index in [0.717, 1.165) is 12.5 Å². The molecule has 0 aliphatic heterocycles. The average Bonchev–Trinajstić information content (AvgIpc) is 2.21. The van der Waals surface area contributed by atoms with E-state index in [1.807, 2.05) is 0 Å². The topological polar surface area (TPSA) is 35.2 Å². The second-order valence-corrected chi connectivity index (χ2v) is 4.12. The van der Waals surface area contributed by atoms with Gasteiger partial charge in [0.25, 0.3) is 0 Å². The summed E-state index contributed by atoms with van der Waals surface area (Å²) in [4.78, 5) is 0. The van der Waals surface area contributed by atoms with Crippen molar-refractivity contribution in [3.05, 3.63) is 0 Å². The Morgan fingerprint density at radius 2 is 1.79 bits per heavy atom. The van der Waals surface area contributed by atoms with E-state index in [1.165, 1.54) is 38.5 Å². The van der Waals surface area contributed by atoms with E-state index >= 15 is 0 Å². The van der Waals surface area contributed by atoms with Gasteiger partial charge in [-0.05, 0) is 12.3 Å². The normalized spacial score (nSPS) is 13.1. The van der Waals surface area contributed by atoms with Crippen LogP contribution in [0.15, 0.2) is 0 Å². The maximum atomic E-state index is 5.31. The Hall–Kier alpha value is -0.0800. The van der Waals surface area contributed by atoms with Crippen LogP contribution in [-0.4, -0.2) is 19.8 Å². The van der Waals surface area contributed by atoms with Gasteiger partial charge in [0.15, 0.2) is 0 Å². The Labute approximate surface area is 89.2 Å². The number of hydrogen-bond donors (Lipinski definition) is 1. The van der Waals surface area contributed by atoms with Gasteiger partial charge in [-0.15, -0.1) is 0 Å². The summed E-state index contributed by atoms with van der Waals surface area (Å²) < 4.78 is 5.31. The van der Waals surface area contributed by atoms with Crippen LogP contribution in [0.4, 0.5) is 0 Å². The Balaban J connectivity index is 2.92. The number of hydrogen-bond acceptors (Lipinski definition) is 2. The molecule has 0 aliphatic carbocycles. The molecule has 0 amide bonds. The molecule has 2 nitrogen and oxygen atoms in total. The van der Waals surface area contributed by atoms with E-state index in [4.69, 9.17) is 10.5 Å². The lowest BCUT2D eigenvalue weighted by Crippen LogP contribution is -2.08. The molecule has 0 aromatic heterocycles. The Morgan fingerprint density at radius 1 is 1.07 bits per heavy atom. The van der Waals surface area contributed by atoms with Crippen molar-refractivity contribution in [1.29, 1.82) is 0 Å². The molecule has 0 aliphatic rings. The molecule has 2 heteroatoms. The molecule has 86 valence electrons. The van der Waals surface area contributed by atoms with Crippen LogP contribution in [0.1, 0.15) is 52.4 Å². The van der Waals surface area contributed by atoms with Gasteiger partial charge in [0.2, 0.25) is 0 Å². The van der Waals surface area contributed by atoms with Crippen LogP contribution in [0, 0.1) is 5.92 Å². The van der Waals surface area contributed by atoms with Gasteiger partial charge in [0, 0.05) is 13.2 Å². The lowest BCUT2D eigenvalue weighted by molar-refractivity contribution is 0.137. The van der Waals surface area contributed by atoms with Crippen molar-refractivity contribution in [2.45, 2.75) is 52.4 Å². The average molecular weight is 201 g/mol. The van der Waals surface area contributed by atoms with Crippen molar-refractivity contribution in [3.63, 3.8) is 0 Å². The fraction of sp³-hybridized carbons (Fsp3) is 1.00. The number of ether oxygens (including phenoxy) is 1. The van der Waals surface area contributed by atoms with Crippen molar-refractivity contribution in [1.82, 2.24) is 0 Å². The maximum absolute atomic E-state index is 5.31. The Bertz CT molecular complexity index is 106. The first-order valence-corrected chi connectivity index (χ1v) is 6.09. The molecule has 2 N–H and O–H groups in total. The number of rotatable bonds is 10. The highest BCUT2D eigenvalue weighted by Crippen LogP contribution is 2.12. The third-order valence-corrected chi connectivity index (χ3v) is 2.69. The predicted octanol–water partition coefficient (Wildman–Crippen LogP) is 2.96. The second kappa shape index (κ2) is 11.0. The molecule has 1 unspecified atom stereocenters. The molecule has 0 aromatic rings. The molecule has 0 radical (unpaired) electrons. The predicted molar refractivity (Wildman–Crippen MR) is 62.4 cm³/mol. The van der Waals surface area contributed by atoms with Gasteiger partial charge in [-0.1, -0.05) is 46.0 Å². The lowest BCUT2D eigenvalue weighted by Gasteiger charge is -2.07. The Morgan fingerprint density at radius 3 is 2.43 bits per heavy atom. The number of unbranched alkanes of at least 4 members (excludes halogenated alkanes) is 3. The second-order valence-electron chi connectivity index (χ2n) is 4.12. The highest BCUT2D eigenvalue weighted by molar-refractivity contribution is 4.51. The largest absolute Gasteiger partial charge is 0.380 e. The molecule has 0 rings (SSSR count). The number of nitrogens with two attached hydrogens (primary N) is 1. The van der Waals surface area contributed by atoms with Gasteiger partial charge < -0.3 is 10.5 Å². The molecular formula is C12H27NO. The van der Waals surface area contributed by atoms with Crippen LogP contribution >= 0.6 is 0 Å². The van der Waals surface area contributed by atoms with Gasteiger partial charge in [0.05, 0.1) is 6.61 Å². The van der Waals surface area contributed by atoms with Crippen LogP contribution in [0.5, 0.6) is 0 Å². The van der Waals surface area contributed by atoms with Crippen LogP contribution in [0.25, 0.3) is 0 Å². The van der Waals surface area contributed by atoms with Crippen molar-refractivity contribution in [2.24, 2.45) is 11.7 Å². The molecule has 0 saturated carbocycles. The SMILES string of the molecule is CCC(C)CCCCCCOCCN. The molecule has 0 spiro atoms. The summed E-state index contributed by atoms with van der Waals surface area (Å²) in [6.07, 6.45) is 7.95. The van der Waals surface area contributed by atoms with Gasteiger partial charge in [-0.25, -0.2) is 0 Å². The fourth-order valence-electron chi connectivity index (χ4n) is 1.44. The third-order valence-electron chi connectivity index (χ3n) is 2.69. The van der Waals surface area contributed by atoms with E-state index in [1.54, 1.807) is 0 Å². The van der Waals surface area contributed by atoms with Gasteiger partial charge in [-0.2, -0.15) is 0 Å². The molecule has 14 heavy (non-hydrogen) atoms. The summed E-state index contributed by atoms with van der Waals surface area (Å²) in [5.41, 5.74) is 5.31. The Kier molecular flexibility index (Phi) is 10.9. The summed E-state index contributed by atoms with van der Waals surface area (Å²) in [7, 11) is 0. The highest BCUT2D eigenvalue weighted by Gasteiger charge is 1.97. The van der Waals surface area contributed by atoms with Crippen LogP contribution in [-0.2, 0) is 4.74 Å². The van der Waals surface area contributed by atoms with Gasteiger partial charge >= 0.3 is 0 Å². The molecule has 0 aromatic carbocycles. The lowest BCUT2D eigenvalue weighted by atomic mass is 10.0. The quantitative estimate of drug-likeness (QED) is 0.552. The first-order valence-electron chi connectivity index (χ1n) is 6.09. The highest BCUT2D eigenvalue weighted by atomic mass is 16.5. The fourth-order valence-corrected chi connectivity index (χ4v) is 1.44. The van der Waals surface area contributed by atoms with Crippen molar-refractivity contribution < 1.29 is 4.74 Å². The molecule has 0 heterocycles. The van der Waals surface area contributed by atoms with Crippen molar-refractivity contribution >= 4 is 0 Å². The summed E-state index contributed by atoms with van der Waals surface area (Å²) >= 11 is 0. The summed E-state index contributed by atoms with van der Waals surface area (Å²) in [5.74, 6) is 0.906. The molecule has 0 fully saturated rings. The van der Waals surface area contributed by atoms with Crippen molar-refractivity contribution in [3.8, 4) is 0 Å². The summed E-state index contributed by atoms with van der Waals surface area (Å²) in [6, 6.07) is 0. The molecule has 0 saturated heterocycles. The van der Waals surface area contributed by atoms with Crippen LogP contribution in [0.2, 0.25) is 0 Å². The zero-order valence-electron chi connectivity index (χ0n) is 9.93. The summed E-state index contributed by atoms with van der Waals surface area (Å²) in [6.45, 7) is 6.86. The zero-order chi connectivity index (χ0) is 10.6. The maximum Gasteiger partial charge on any atom is 0.0588 e. The van der Waals surface area contributed by atoms with E-state index in [2.05, 4.69) is 13.8 Å². The van der Waals surface area contributed by atoms with E-state index in [0.29, 0.717) is 13.2 Å². The first-order chi connectivity index (χ1) is 6.81. The van der Waals surface area contributed by atoms with Crippen LogP contribution < -0.4 is 5.73 Å².